The maximum Gasteiger partial charge on any atom is 0.0589 e. The highest BCUT2D eigenvalue weighted by atomic mass is 16.5. The molecule has 2 N–H and O–H groups in total. The molecule has 0 fully saturated rings. The summed E-state index contributed by atoms with van der Waals surface area (Å²) < 4.78 is 5.11. The van der Waals surface area contributed by atoms with Gasteiger partial charge in [-0.1, -0.05) is 30.3 Å². The number of methoxy groups -OCH3 is 1. The fourth-order valence-electron chi connectivity index (χ4n) is 1.70. The van der Waals surface area contributed by atoms with Crippen molar-refractivity contribution >= 4 is 0 Å². The fraction of sp³-hybridized carbons (Fsp3) is 0.538. The van der Waals surface area contributed by atoms with Crippen LogP contribution in [0.3, 0.4) is 0 Å². The van der Waals surface area contributed by atoms with Gasteiger partial charge in [-0.3, -0.25) is 4.90 Å². The van der Waals surface area contributed by atoms with Gasteiger partial charge in [-0.05, 0) is 12.5 Å². The molecule has 1 unspecified atom stereocenters. The normalized spacial score (nSPS) is 13.0. The van der Waals surface area contributed by atoms with Gasteiger partial charge in [0, 0.05) is 32.8 Å². The van der Waals surface area contributed by atoms with Crippen molar-refractivity contribution in [1.29, 1.82) is 0 Å². The highest BCUT2D eigenvalue weighted by Crippen LogP contribution is 2.04. The van der Waals surface area contributed by atoms with Crippen LogP contribution < -0.4 is 5.73 Å². The summed E-state index contributed by atoms with van der Waals surface area (Å²) >= 11 is 0. The maximum absolute atomic E-state index is 5.84. The predicted octanol–water partition coefficient (Wildman–Crippen LogP) is 1.48. The molecule has 0 amide bonds. The van der Waals surface area contributed by atoms with Crippen molar-refractivity contribution < 1.29 is 4.74 Å². The molecule has 0 bridgehead atoms. The smallest absolute Gasteiger partial charge is 0.0589 e. The Morgan fingerprint density at radius 3 is 2.56 bits per heavy atom. The van der Waals surface area contributed by atoms with Crippen LogP contribution in [0.25, 0.3) is 0 Å². The van der Waals surface area contributed by atoms with Crippen LogP contribution in [0.15, 0.2) is 30.3 Å². The summed E-state index contributed by atoms with van der Waals surface area (Å²) in [5.41, 5.74) is 7.15. The second kappa shape index (κ2) is 7.39. The molecule has 3 heteroatoms. The first-order chi connectivity index (χ1) is 7.72. The van der Waals surface area contributed by atoms with Crippen LogP contribution in [0, 0.1) is 0 Å². The van der Waals surface area contributed by atoms with Crippen LogP contribution >= 0.6 is 0 Å². The summed E-state index contributed by atoms with van der Waals surface area (Å²) in [6, 6.07) is 10.6. The topological polar surface area (TPSA) is 38.5 Å². The zero-order valence-corrected chi connectivity index (χ0v) is 10.2. The van der Waals surface area contributed by atoms with Gasteiger partial charge in [-0.15, -0.1) is 0 Å². The molecule has 0 heterocycles. The number of rotatable bonds is 7. The lowest BCUT2D eigenvalue weighted by atomic mass is 10.2. The molecular formula is C13H22N2O. The molecule has 0 aromatic heterocycles. The average molecular weight is 222 g/mol. The van der Waals surface area contributed by atoms with Crippen molar-refractivity contribution in [3.8, 4) is 0 Å². The standard InChI is InChI=1S/C13H22N2O/c1-12(14)10-15(8-9-16-2)11-13-6-4-3-5-7-13/h3-7,12H,8-11,14H2,1-2H3. The third kappa shape index (κ3) is 5.26. The highest BCUT2D eigenvalue weighted by Gasteiger charge is 2.07. The Kier molecular flexibility index (Phi) is 6.08. The lowest BCUT2D eigenvalue weighted by Gasteiger charge is -2.23. The minimum absolute atomic E-state index is 0.195. The molecule has 0 saturated carbocycles. The zero-order valence-electron chi connectivity index (χ0n) is 10.2. The summed E-state index contributed by atoms with van der Waals surface area (Å²) in [6.45, 7) is 5.54. The first-order valence-electron chi connectivity index (χ1n) is 5.73. The van der Waals surface area contributed by atoms with Gasteiger partial charge < -0.3 is 10.5 Å². The van der Waals surface area contributed by atoms with E-state index >= 15 is 0 Å². The second-order valence-corrected chi connectivity index (χ2v) is 4.19. The first kappa shape index (κ1) is 13.2. The average Bonchev–Trinajstić information content (AvgIpc) is 2.26. The maximum atomic E-state index is 5.84. The van der Waals surface area contributed by atoms with Gasteiger partial charge in [0.25, 0.3) is 0 Å². The molecule has 1 atom stereocenters. The molecule has 16 heavy (non-hydrogen) atoms. The molecule has 0 aliphatic heterocycles. The van der Waals surface area contributed by atoms with E-state index in [1.807, 2.05) is 13.0 Å². The van der Waals surface area contributed by atoms with Crippen LogP contribution in [0.2, 0.25) is 0 Å². The van der Waals surface area contributed by atoms with Crippen molar-refractivity contribution in [2.75, 3.05) is 26.8 Å². The van der Waals surface area contributed by atoms with Gasteiger partial charge >= 0.3 is 0 Å². The Balaban J connectivity index is 2.49. The largest absolute Gasteiger partial charge is 0.383 e. The van der Waals surface area contributed by atoms with Gasteiger partial charge in [0.15, 0.2) is 0 Å². The van der Waals surface area contributed by atoms with E-state index in [1.165, 1.54) is 5.56 Å². The molecule has 0 aliphatic carbocycles. The SMILES string of the molecule is COCCN(Cc1ccccc1)CC(C)N. The van der Waals surface area contributed by atoms with Crippen molar-refractivity contribution in [2.24, 2.45) is 5.73 Å². The third-order valence-electron chi connectivity index (χ3n) is 2.41. The molecule has 90 valence electrons. The predicted molar refractivity (Wildman–Crippen MR) is 67.2 cm³/mol. The number of benzene rings is 1. The van der Waals surface area contributed by atoms with E-state index in [0.29, 0.717) is 0 Å². The van der Waals surface area contributed by atoms with Crippen molar-refractivity contribution in [2.45, 2.75) is 19.5 Å². The Morgan fingerprint density at radius 1 is 1.31 bits per heavy atom. The zero-order chi connectivity index (χ0) is 11.8. The third-order valence-corrected chi connectivity index (χ3v) is 2.41. The lowest BCUT2D eigenvalue weighted by Crippen LogP contribution is -2.37. The van der Waals surface area contributed by atoms with E-state index in [4.69, 9.17) is 10.5 Å². The van der Waals surface area contributed by atoms with E-state index in [0.717, 1.165) is 26.2 Å². The summed E-state index contributed by atoms with van der Waals surface area (Å²) in [5.74, 6) is 0. The molecule has 3 nitrogen and oxygen atoms in total. The van der Waals surface area contributed by atoms with Crippen molar-refractivity contribution in [3.05, 3.63) is 35.9 Å². The monoisotopic (exact) mass is 222 g/mol. The van der Waals surface area contributed by atoms with Crippen LogP contribution in [-0.2, 0) is 11.3 Å². The molecule has 1 aromatic carbocycles. The molecule has 0 radical (unpaired) electrons. The van der Waals surface area contributed by atoms with Crippen molar-refractivity contribution in [3.63, 3.8) is 0 Å². The van der Waals surface area contributed by atoms with E-state index in [1.54, 1.807) is 7.11 Å². The van der Waals surface area contributed by atoms with E-state index in [-0.39, 0.29) is 6.04 Å². The number of nitrogens with two attached hydrogens (primary N) is 1. The number of ether oxygens (including phenoxy) is 1. The second-order valence-electron chi connectivity index (χ2n) is 4.19. The van der Waals surface area contributed by atoms with E-state index in [9.17, 15) is 0 Å². The molecule has 1 aromatic rings. The Hall–Kier alpha value is -0.900. The van der Waals surface area contributed by atoms with Gasteiger partial charge in [-0.2, -0.15) is 0 Å². The summed E-state index contributed by atoms with van der Waals surface area (Å²) in [7, 11) is 1.73. The summed E-state index contributed by atoms with van der Waals surface area (Å²) in [5, 5.41) is 0. The summed E-state index contributed by atoms with van der Waals surface area (Å²) in [6.07, 6.45) is 0. The van der Waals surface area contributed by atoms with Crippen LogP contribution in [0.1, 0.15) is 12.5 Å². The van der Waals surface area contributed by atoms with Gasteiger partial charge in [0.05, 0.1) is 6.61 Å². The number of hydrogen-bond acceptors (Lipinski definition) is 3. The Bertz CT molecular complexity index is 275. The van der Waals surface area contributed by atoms with Gasteiger partial charge in [0.2, 0.25) is 0 Å². The highest BCUT2D eigenvalue weighted by molar-refractivity contribution is 5.14. The van der Waals surface area contributed by atoms with Gasteiger partial charge in [0.1, 0.15) is 0 Å². The first-order valence-corrected chi connectivity index (χ1v) is 5.73. The molecule has 1 rings (SSSR count). The summed E-state index contributed by atoms with van der Waals surface area (Å²) in [4.78, 5) is 2.32. The van der Waals surface area contributed by atoms with Gasteiger partial charge in [-0.25, -0.2) is 0 Å². The molecule has 0 aliphatic rings. The quantitative estimate of drug-likeness (QED) is 0.759. The minimum Gasteiger partial charge on any atom is -0.383 e. The van der Waals surface area contributed by atoms with Crippen LogP contribution in [0.5, 0.6) is 0 Å². The lowest BCUT2D eigenvalue weighted by molar-refractivity contribution is 0.141. The van der Waals surface area contributed by atoms with E-state index < -0.39 is 0 Å². The van der Waals surface area contributed by atoms with E-state index in [2.05, 4.69) is 29.2 Å². The number of hydrogen-bond donors (Lipinski definition) is 1. The van der Waals surface area contributed by atoms with Crippen LogP contribution in [0.4, 0.5) is 0 Å². The Labute approximate surface area is 98.2 Å². The van der Waals surface area contributed by atoms with Crippen molar-refractivity contribution in [1.82, 2.24) is 4.90 Å². The van der Waals surface area contributed by atoms with Crippen LogP contribution in [-0.4, -0.2) is 37.7 Å². The molecule has 0 spiro atoms. The molecule has 0 saturated heterocycles. The fourth-order valence-corrected chi connectivity index (χ4v) is 1.70. The Morgan fingerprint density at radius 2 is 2.00 bits per heavy atom. The number of nitrogens with zero attached hydrogens (tertiary/aromatic N) is 1. The molecular weight excluding hydrogens is 200 g/mol. The minimum atomic E-state index is 0.195.